The molecule has 0 bridgehead atoms. The molecule has 0 aliphatic heterocycles. The molecule has 10 heteroatoms. The van der Waals surface area contributed by atoms with E-state index in [-0.39, 0.29) is 29.9 Å². The zero-order chi connectivity index (χ0) is 23.6. The number of Topliss-reactive ketones (excluding diaryl/α,β-unsaturated/α-hetero) is 1. The fraction of sp³-hybridized carbons (Fsp3) is 0.364. The lowest BCUT2D eigenvalue weighted by molar-refractivity contribution is -0.137. The monoisotopic (exact) mass is 466 g/mol. The van der Waals surface area contributed by atoms with Crippen LogP contribution in [-0.2, 0) is 33.8 Å². The van der Waals surface area contributed by atoms with Crippen molar-refractivity contribution in [1.29, 1.82) is 5.26 Å². The lowest BCUT2D eigenvalue weighted by Crippen LogP contribution is -2.35. The first-order chi connectivity index (χ1) is 15.0. The molecule has 1 aliphatic carbocycles. The Bertz CT molecular complexity index is 1170. The van der Waals surface area contributed by atoms with Crippen molar-refractivity contribution < 1.29 is 31.1 Å². The van der Waals surface area contributed by atoms with Gasteiger partial charge in [-0.25, -0.2) is 8.42 Å². The van der Waals surface area contributed by atoms with Gasteiger partial charge in [0.15, 0.2) is 0 Å². The molecule has 170 valence electrons. The van der Waals surface area contributed by atoms with Crippen LogP contribution >= 0.6 is 0 Å². The standard InChI is InChI=1S/C22H21F3N2O4S/c1-2-31-20-7-6-19(32(29,30)27-21(14-26)8-9-21)13-16(20)12-18(28)11-15-4-3-5-17(10-15)22(23,24)25/h3-7,10,13,27H,2,8-9,11-12H2,1H3. The van der Waals surface area contributed by atoms with Gasteiger partial charge in [-0.05, 0) is 49.6 Å². The van der Waals surface area contributed by atoms with Gasteiger partial charge in [-0.15, -0.1) is 0 Å². The molecule has 0 unspecified atom stereocenters. The number of hydrogen-bond donors (Lipinski definition) is 1. The van der Waals surface area contributed by atoms with Gasteiger partial charge in [-0.1, -0.05) is 18.2 Å². The topological polar surface area (TPSA) is 96.3 Å². The van der Waals surface area contributed by atoms with E-state index in [0.29, 0.717) is 24.2 Å². The number of carbonyl (C=O) groups excluding carboxylic acids is 1. The van der Waals surface area contributed by atoms with Crippen LogP contribution in [0.15, 0.2) is 47.4 Å². The highest BCUT2D eigenvalue weighted by molar-refractivity contribution is 7.89. The molecule has 3 rings (SSSR count). The van der Waals surface area contributed by atoms with E-state index < -0.39 is 33.1 Å². The molecule has 0 aromatic heterocycles. The molecule has 0 heterocycles. The second-order valence-corrected chi connectivity index (χ2v) is 9.27. The number of alkyl halides is 3. The quantitative estimate of drug-likeness (QED) is 0.607. The predicted molar refractivity (Wildman–Crippen MR) is 109 cm³/mol. The third-order valence-corrected chi connectivity index (χ3v) is 6.51. The Kier molecular flexibility index (Phi) is 6.62. The maximum Gasteiger partial charge on any atom is 0.416 e. The molecule has 32 heavy (non-hydrogen) atoms. The van der Waals surface area contributed by atoms with E-state index in [1.54, 1.807) is 6.92 Å². The van der Waals surface area contributed by atoms with Gasteiger partial charge in [-0.3, -0.25) is 4.79 Å². The van der Waals surface area contributed by atoms with E-state index in [2.05, 4.69) is 4.72 Å². The van der Waals surface area contributed by atoms with Crippen molar-refractivity contribution in [3.05, 3.63) is 59.2 Å². The molecule has 2 aromatic rings. The fourth-order valence-electron chi connectivity index (χ4n) is 3.20. The summed E-state index contributed by atoms with van der Waals surface area (Å²) < 4.78 is 72.0. The maximum absolute atomic E-state index is 12.9. The number of sulfonamides is 1. The minimum Gasteiger partial charge on any atom is -0.494 e. The lowest BCUT2D eigenvalue weighted by Gasteiger charge is -2.14. The van der Waals surface area contributed by atoms with Crippen molar-refractivity contribution in [2.24, 2.45) is 0 Å². The van der Waals surface area contributed by atoms with E-state index >= 15 is 0 Å². The van der Waals surface area contributed by atoms with Crippen molar-refractivity contribution in [1.82, 2.24) is 4.72 Å². The minimum atomic E-state index is -4.51. The molecule has 0 saturated heterocycles. The smallest absolute Gasteiger partial charge is 0.416 e. The van der Waals surface area contributed by atoms with E-state index in [1.165, 1.54) is 30.3 Å². The van der Waals surface area contributed by atoms with Crippen LogP contribution in [0.2, 0.25) is 0 Å². The summed E-state index contributed by atoms with van der Waals surface area (Å²) in [5.74, 6) is -0.0891. The minimum absolute atomic E-state index is 0.121. The number of rotatable bonds is 9. The van der Waals surface area contributed by atoms with E-state index in [1.807, 2.05) is 6.07 Å². The number of ketones is 1. The second-order valence-electron chi connectivity index (χ2n) is 7.59. The van der Waals surface area contributed by atoms with Gasteiger partial charge >= 0.3 is 6.18 Å². The van der Waals surface area contributed by atoms with Gasteiger partial charge in [0.25, 0.3) is 0 Å². The third-order valence-electron chi connectivity index (χ3n) is 4.98. The summed E-state index contributed by atoms with van der Waals surface area (Å²) in [5, 5.41) is 9.15. The number of nitriles is 1. The molecule has 0 atom stereocenters. The number of nitrogens with one attached hydrogen (secondary N) is 1. The molecule has 2 aromatic carbocycles. The van der Waals surface area contributed by atoms with Crippen LogP contribution in [0.25, 0.3) is 0 Å². The largest absolute Gasteiger partial charge is 0.494 e. The van der Waals surface area contributed by atoms with Gasteiger partial charge in [-0.2, -0.15) is 23.2 Å². The SMILES string of the molecule is CCOc1ccc(S(=O)(=O)NC2(C#N)CC2)cc1CC(=O)Cc1cccc(C(F)(F)F)c1. The third kappa shape index (κ3) is 5.66. The van der Waals surface area contributed by atoms with Crippen LogP contribution in [0.4, 0.5) is 13.2 Å². The van der Waals surface area contributed by atoms with Gasteiger partial charge < -0.3 is 4.74 Å². The molecule has 0 radical (unpaired) electrons. The van der Waals surface area contributed by atoms with Crippen LogP contribution in [0, 0.1) is 11.3 Å². The average molecular weight is 466 g/mol. The number of benzene rings is 2. The van der Waals surface area contributed by atoms with Crippen molar-refractivity contribution in [2.45, 2.75) is 49.2 Å². The molecule has 6 nitrogen and oxygen atoms in total. The summed E-state index contributed by atoms with van der Waals surface area (Å²) in [4.78, 5) is 12.5. The Labute approximate surface area is 184 Å². The Balaban J connectivity index is 1.82. The first kappa shape index (κ1) is 23.8. The number of ether oxygens (including phenoxy) is 1. The van der Waals surface area contributed by atoms with Crippen LogP contribution in [-0.4, -0.2) is 26.3 Å². The average Bonchev–Trinajstić information content (AvgIpc) is 3.48. The van der Waals surface area contributed by atoms with Crippen molar-refractivity contribution >= 4 is 15.8 Å². The normalized spacial score (nSPS) is 15.1. The van der Waals surface area contributed by atoms with E-state index in [0.717, 1.165) is 12.1 Å². The fourth-order valence-corrected chi connectivity index (χ4v) is 4.62. The van der Waals surface area contributed by atoms with Crippen molar-refractivity contribution in [3.8, 4) is 11.8 Å². The summed E-state index contributed by atoms with van der Waals surface area (Å²) in [6.45, 7) is 2.00. The van der Waals surface area contributed by atoms with Crippen molar-refractivity contribution in [2.75, 3.05) is 6.61 Å². The summed E-state index contributed by atoms with van der Waals surface area (Å²) >= 11 is 0. The van der Waals surface area contributed by atoms with E-state index in [4.69, 9.17) is 10.00 Å². The lowest BCUT2D eigenvalue weighted by atomic mass is 10.0. The maximum atomic E-state index is 12.9. The summed E-state index contributed by atoms with van der Waals surface area (Å²) in [7, 11) is -4.00. The van der Waals surface area contributed by atoms with Crippen LogP contribution < -0.4 is 9.46 Å². The molecule has 0 amide bonds. The number of nitrogens with zero attached hydrogens (tertiary/aromatic N) is 1. The molecule has 1 aliphatic rings. The Hall–Kier alpha value is -2.90. The molecular formula is C22H21F3N2O4S. The van der Waals surface area contributed by atoms with Crippen LogP contribution in [0.5, 0.6) is 5.75 Å². The predicted octanol–water partition coefficient (Wildman–Crippen LogP) is 3.79. The highest BCUT2D eigenvalue weighted by atomic mass is 32.2. The van der Waals surface area contributed by atoms with Crippen LogP contribution in [0.1, 0.15) is 36.5 Å². The van der Waals surface area contributed by atoms with Gasteiger partial charge in [0.1, 0.15) is 17.1 Å². The molecule has 0 spiro atoms. The molecular weight excluding hydrogens is 445 g/mol. The van der Waals surface area contributed by atoms with Crippen LogP contribution in [0.3, 0.4) is 0 Å². The number of halogens is 3. The van der Waals surface area contributed by atoms with Crippen molar-refractivity contribution in [3.63, 3.8) is 0 Å². The van der Waals surface area contributed by atoms with Gasteiger partial charge in [0, 0.05) is 18.4 Å². The zero-order valence-electron chi connectivity index (χ0n) is 17.2. The molecule has 1 N–H and O–H groups in total. The van der Waals surface area contributed by atoms with E-state index in [9.17, 15) is 26.4 Å². The Morgan fingerprint density at radius 1 is 1.19 bits per heavy atom. The summed E-state index contributed by atoms with van der Waals surface area (Å²) in [5.41, 5.74) is -1.44. The highest BCUT2D eigenvalue weighted by Crippen LogP contribution is 2.36. The molecule has 1 saturated carbocycles. The number of carbonyl (C=O) groups is 1. The summed E-state index contributed by atoms with van der Waals surface area (Å²) in [6.07, 6.45) is -4.15. The van der Waals surface area contributed by atoms with Gasteiger partial charge in [0.05, 0.1) is 23.1 Å². The first-order valence-corrected chi connectivity index (χ1v) is 11.4. The number of hydrogen-bond acceptors (Lipinski definition) is 5. The molecule has 1 fully saturated rings. The first-order valence-electron chi connectivity index (χ1n) is 9.87. The summed E-state index contributed by atoms with van der Waals surface area (Å²) in [6, 6.07) is 10.5. The van der Waals surface area contributed by atoms with Gasteiger partial charge in [0.2, 0.25) is 10.0 Å². The highest BCUT2D eigenvalue weighted by Gasteiger charge is 2.46. The zero-order valence-corrected chi connectivity index (χ0v) is 18.0. The Morgan fingerprint density at radius 2 is 1.91 bits per heavy atom. The second kappa shape index (κ2) is 8.92. The Morgan fingerprint density at radius 3 is 2.50 bits per heavy atom.